The van der Waals surface area contributed by atoms with E-state index in [1.54, 1.807) is 0 Å². The summed E-state index contributed by atoms with van der Waals surface area (Å²) in [5, 5.41) is 5.56. The van der Waals surface area contributed by atoms with Crippen LogP contribution in [0.2, 0.25) is 0 Å². The molecule has 0 saturated carbocycles. The van der Waals surface area contributed by atoms with Gasteiger partial charge in [-0.3, -0.25) is 4.79 Å². The average Bonchev–Trinajstić information content (AvgIpc) is 1.31. The standard InChI is InChI=1S/C2H3BrO2/c3-1-2(4)5/h1H2,(H,4,5)/i1+1D2,2+1. The first-order valence-electron chi connectivity index (χ1n) is 1.87. The van der Waals surface area contributed by atoms with E-state index in [-0.39, 0.29) is 0 Å². The molecular weight excluding hydrogens is 138 g/mol. The van der Waals surface area contributed by atoms with Gasteiger partial charge in [0.15, 0.2) is 0 Å². The summed E-state index contributed by atoms with van der Waals surface area (Å²) in [4.78, 5) is 9.60. The zero-order valence-electron chi connectivity index (χ0n) is 4.23. The molecule has 0 fully saturated rings. The third kappa shape index (κ3) is 3.95. The number of halogens is 1. The van der Waals surface area contributed by atoms with E-state index in [2.05, 4.69) is 15.9 Å². The Hall–Kier alpha value is -0.0500. The fraction of sp³-hybridized carbons (Fsp3) is 0.500. The Morgan fingerprint density at radius 1 is 2.40 bits per heavy atom. The van der Waals surface area contributed by atoms with Crippen molar-refractivity contribution >= 4 is 21.9 Å². The largest absolute Gasteiger partial charge is 0.481 e. The molecule has 0 unspecified atom stereocenters. The maximum Gasteiger partial charge on any atom is 0.314 e. The molecule has 0 aliphatic rings. The fourth-order valence-corrected chi connectivity index (χ4v) is 0. The van der Waals surface area contributed by atoms with Crippen molar-refractivity contribution in [1.29, 1.82) is 0 Å². The molecule has 5 heavy (non-hydrogen) atoms. The lowest BCUT2D eigenvalue weighted by molar-refractivity contribution is -0.133. The molecule has 0 amide bonds. The summed E-state index contributed by atoms with van der Waals surface area (Å²) in [5.74, 6) is -1.51. The minimum absolute atomic E-state index is 1.51. The molecule has 0 saturated heterocycles. The molecule has 0 aromatic heterocycles. The Morgan fingerprint density at radius 3 is 2.60 bits per heavy atom. The molecule has 0 aromatic carbocycles. The third-order valence-electron chi connectivity index (χ3n) is 0.0808. The van der Waals surface area contributed by atoms with Gasteiger partial charge in [-0.15, -0.1) is 0 Å². The first kappa shape index (κ1) is 2.18. The zero-order chi connectivity index (χ0) is 6.08. The van der Waals surface area contributed by atoms with E-state index in [9.17, 15) is 4.79 Å². The molecular formula is C2H3BrO2. The normalized spacial score (nSPS) is 16.2. The van der Waals surface area contributed by atoms with E-state index in [1.165, 1.54) is 0 Å². The van der Waals surface area contributed by atoms with E-state index in [0.717, 1.165) is 0 Å². The highest BCUT2D eigenvalue weighted by Crippen LogP contribution is 1.73. The van der Waals surface area contributed by atoms with Gasteiger partial charge < -0.3 is 5.11 Å². The highest BCUT2D eigenvalue weighted by atomic mass is 79.9. The molecule has 0 heterocycles. The molecule has 0 bridgehead atoms. The topological polar surface area (TPSA) is 37.3 Å². The van der Waals surface area contributed by atoms with Gasteiger partial charge in [-0.25, -0.2) is 0 Å². The summed E-state index contributed by atoms with van der Waals surface area (Å²) >= 11 is 2.28. The summed E-state index contributed by atoms with van der Waals surface area (Å²) in [6.45, 7) is 0. The molecule has 0 spiro atoms. The lowest BCUT2D eigenvalue weighted by Crippen LogP contribution is -1.92. The average molecular weight is 143 g/mol. The Labute approximate surface area is 40.7 Å². The van der Waals surface area contributed by atoms with Crippen LogP contribution in [0.25, 0.3) is 0 Å². The van der Waals surface area contributed by atoms with Crippen LogP contribution >= 0.6 is 15.9 Å². The number of carboxylic acids is 1. The summed E-state index contributed by atoms with van der Waals surface area (Å²) in [5.41, 5.74) is 0. The maximum absolute atomic E-state index is 9.60. The van der Waals surface area contributed by atoms with Gasteiger partial charge in [-0.2, -0.15) is 0 Å². The summed E-state index contributed by atoms with van der Waals surface area (Å²) in [6, 6.07) is 0. The van der Waals surface area contributed by atoms with Crippen LogP contribution in [-0.2, 0) is 4.79 Å². The van der Waals surface area contributed by atoms with Crippen LogP contribution in [-0.4, -0.2) is 16.4 Å². The minimum Gasteiger partial charge on any atom is -0.481 e. The predicted octanol–water partition coefficient (Wildman–Crippen LogP) is 0.466. The summed E-state index contributed by atoms with van der Waals surface area (Å²) in [7, 11) is 0. The quantitative estimate of drug-likeness (QED) is 0.427. The van der Waals surface area contributed by atoms with Crippen molar-refractivity contribution in [2.45, 2.75) is 0 Å². The van der Waals surface area contributed by atoms with Gasteiger partial charge in [0, 0.05) is 0 Å². The third-order valence-corrected chi connectivity index (χ3v) is 0.420. The van der Waals surface area contributed by atoms with Crippen molar-refractivity contribution in [1.82, 2.24) is 0 Å². The molecule has 2 nitrogen and oxygen atoms in total. The van der Waals surface area contributed by atoms with Crippen molar-refractivity contribution in [3.8, 4) is 0 Å². The van der Waals surface area contributed by atoms with Crippen LogP contribution < -0.4 is 0 Å². The number of rotatable bonds is 1. The minimum atomic E-state index is -2.27. The van der Waals surface area contributed by atoms with Crippen LogP contribution in [0.1, 0.15) is 2.74 Å². The van der Waals surface area contributed by atoms with E-state index < -0.39 is 11.3 Å². The van der Waals surface area contributed by atoms with Crippen molar-refractivity contribution in [2.24, 2.45) is 0 Å². The SMILES string of the molecule is [2H][13C]([2H])(Br)[13C](=O)O. The van der Waals surface area contributed by atoms with Crippen LogP contribution in [0.4, 0.5) is 0 Å². The Bertz CT molecular complexity index is 86.2. The number of aliphatic carboxylic acids is 1. The van der Waals surface area contributed by atoms with Gasteiger partial charge >= 0.3 is 5.97 Å². The van der Waals surface area contributed by atoms with Gasteiger partial charge in [-0.1, -0.05) is 15.9 Å². The summed E-state index contributed by atoms with van der Waals surface area (Å²) in [6.07, 6.45) is 0. The molecule has 0 aromatic rings. The first-order chi connectivity index (χ1) is 2.94. The Kier molecular flexibility index (Phi) is 0.961. The van der Waals surface area contributed by atoms with Gasteiger partial charge in [0.25, 0.3) is 0 Å². The van der Waals surface area contributed by atoms with Gasteiger partial charge in [0.2, 0.25) is 0 Å². The Balaban J connectivity index is 3.79. The van der Waals surface area contributed by atoms with Crippen molar-refractivity contribution in [3.05, 3.63) is 0 Å². The van der Waals surface area contributed by atoms with E-state index in [0.29, 0.717) is 0 Å². The van der Waals surface area contributed by atoms with Gasteiger partial charge in [0.05, 0.1) is 2.74 Å². The zero-order valence-corrected chi connectivity index (χ0v) is 3.82. The number of alkyl halides is 1. The second kappa shape index (κ2) is 2.20. The second-order valence-corrected chi connectivity index (χ2v) is 0.796. The Morgan fingerprint density at radius 2 is 2.60 bits per heavy atom. The van der Waals surface area contributed by atoms with Crippen molar-refractivity contribution < 1.29 is 12.6 Å². The molecule has 0 aliphatic carbocycles. The van der Waals surface area contributed by atoms with E-state index in [1.807, 2.05) is 0 Å². The smallest absolute Gasteiger partial charge is 0.314 e. The van der Waals surface area contributed by atoms with Crippen LogP contribution in [0.5, 0.6) is 0 Å². The lowest BCUT2D eigenvalue weighted by atomic mass is 11.8. The molecule has 0 aliphatic heterocycles. The van der Waals surface area contributed by atoms with Crippen LogP contribution in [0.15, 0.2) is 0 Å². The molecule has 0 radical (unpaired) electrons. The predicted molar refractivity (Wildman–Crippen MR) is 21.4 cm³/mol. The molecule has 1 N–H and O–H groups in total. The molecule has 0 atom stereocenters. The monoisotopic (exact) mass is 142 g/mol. The lowest BCUT2D eigenvalue weighted by Gasteiger charge is -1.70. The van der Waals surface area contributed by atoms with Crippen LogP contribution in [0, 0.1) is 0 Å². The number of carboxylic acid groups (broad SMARTS) is 1. The van der Waals surface area contributed by atoms with Gasteiger partial charge in [-0.05, 0) is 0 Å². The molecule has 3 heteroatoms. The van der Waals surface area contributed by atoms with Crippen molar-refractivity contribution in [3.63, 3.8) is 0 Å². The number of carbonyl (C=O) groups is 1. The first-order valence-corrected chi connectivity index (χ1v) is 1.66. The van der Waals surface area contributed by atoms with Gasteiger partial charge in [0.1, 0.15) is 5.28 Å². The molecule has 30 valence electrons. The summed E-state index contributed by atoms with van der Waals surface area (Å²) < 4.78 is 12.7. The van der Waals surface area contributed by atoms with Crippen molar-refractivity contribution in [2.75, 3.05) is 5.28 Å². The number of hydrogen-bond acceptors (Lipinski definition) is 1. The van der Waals surface area contributed by atoms with E-state index >= 15 is 0 Å². The number of hydrogen-bond donors (Lipinski definition) is 1. The molecule has 0 rings (SSSR count). The van der Waals surface area contributed by atoms with Crippen LogP contribution in [0.3, 0.4) is 0 Å². The fourth-order valence-electron chi connectivity index (χ4n) is 0. The second-order valence-electron chi connectivity index (χ2n) is 0.400. The maximum atomic E-state index is 9.60. The highest BCUT2D eigenvalue weighted by Gasteiger charge is 1.83. The van der Waals surface area contributed by atoms with E-state index in [4.69, 9.17) is 7.85 Å². The highest BCUT2D eigenvalue weighted by molar-refractivity contribution is 9.09.